The van der Waals surface area contributed by atoms with E-state index in [0.29, 0.717) is 24.1 Å². The van der Waals surface area contributed by atoms with E-state index >= 15 is 0 Å². The number of carboxylic acid groups (broad SMARTS) is 1. The Balaban J connectivity index is 1.29. The highest BCUT2D eigenvalue weighted by atomic mass is 16.5. The van der Waals surface area contributed by atoms with Crippen molar-refractivity contribution in [3.8, 4) is 23.0 Å². The number of rotatable bonds is 5. The van der Waals surface area contributed by atoms with Crippen molar-refractivity contribution < 1.29 is 19.4 Å². The number of amides is 1. The zero-order chi connectivity index (χ0) is 22.5. The highest BCUT2D eigenvalue weighted by Gasteiger charge is 2.28. The highest BCUT2D eigenvalue weighted by Crippen LogP contribution is 2.44. The third-order valence-electron chi connectivity index (χ3n) is 5.56. The van der Waals surface area contributed by atoms with Crippen LogP contribution in [-0.2, 0) is 4.74 Å². The van der Waals surface area contributed by atoms with E-state index in [9.17, 15) is 14.7 Å². The fourth-order valence-corrected chi connectivity index (χ4v) is 3.97. The van der Waals surface area contributed by atoms with Gasteiger partial charge >= 0.3 is 12.1 Å². The Labute approximate surface area is 187 Å². The number of carbonyl (C=O) groups excluding carboxylic acids is 1. The molecule has 0 fully saturated rings. The van der Waals surface area contributed by atoms with Crippen molar-refractivity contribution in [1.82, 2.24) is 5.32 Å². The Morgan fingerprint density at radius 1 is 1.00 bits per heavy atom. The van der Waals surface area contributed by atoms with Gasteiger partial charge in [-0.15, -0.1) is 0 Å². The van der Waals surface area contributed by atoms with E-state index in [1.54, 1.807) is 25.1 Å². The second-order valence-electron chi connectivity index (χ2n) is 7.64. The maximum Gasteiger partial charge on any atom is 0.407 e. The van der Waals surface area contributed by atoms with E-state index < -0.39 is 12.1 Å². The lowest BCUT2D eigenvalue weighted by Gasteiger charge is -2.14. The van der Waals surface area contributed by atoms with Gasteiger partial charge in [0.25, 0.3) is 0 Å². The molecule has 32 heavy (non-hydrogen) atoms. The zero-order valence-electron chi connectivity index (χ0n) is 17.7. The number of hydrogen-bond acceptors (Lipinski definition) is 3. The number of aryl methyl sites for hydroxylation is 1. The maximum atomic E-state index is 12.2. The molecular formula is C27H23NO4. The molecule has 1 aliphatic rings. The Hall–Kier alpha value is -4.04. The van der Waals surface area contributed by atoms with Crippen LogP contribution in [0.2, 0.25) is 0 Å². The van der Waals surface area contributed by atoms with Gasteiger partial charge in [0.05, 0.1) is 5.56 Å². The molecule has 0 aliphatic heterocycles. The van der Waals surface area contributed by atoms with Crippen molar-refractivity contribution in [1.29, 1.82) is 0 Å². The average Bonchev–Trinajstić information content (AvgIpc) is 3.12. The van der Waals surface area contributed by atoms with Crippen LogP contribution in [-0.4, -0.2) is 30.3 Å². The minimum atomic E-state index is -0.969. The number of carbonyl (C=O) groups is 2. The predicted octanol–water partition coefficient (Wildman–Crippen LogP) is 4.97. The number of alkyl carbamates (subject to hydrolysis) is 1. The van der Waals surface area contributed by atoms with Crippen LogP contribution >= 0.6 is 0 Å². The van der Waals surface area contributed by atoms with Crippen molar-refractivity contribution in [2.45, 2.75) is 19.3 Å². The lowest BCUT2D eigenvalue weighted by molar-refractivity contribution is 0.0696. The summed E-state index contributed by atoms with van der Waals surface area (Å²) >= 11 is 0. The van der Waals surface area contributed by atoms with Crippen molar-refractivity contribution in [3.05, 3.63) is 94.5 Å². The smallest absolute Gasteiger partial charge is 0.407 e. The maximum absolute atomic E-state index is 12.2. The first kappa shape index (κ1) is 21.2. The fourth-order valence-electron chi connectivity index (χ4n) is 3.97. The Morgan fingerprint density at radius 2 is 1.66 bits per heavy atom. The minimum absolute atomic E-state index is 0.0258. The summed E-state index contributed by atoms with van der Waals surface area (Å²) < 4.78 is 5.50. The molecular weight excluding hydrogens is 402 g/mol. The largest absolute Gasteiger partial charge is 0.478 e. The van der Waals surface area contributed by atoms with Gasteiger partial charge in [-0.05, 0) is 46.9 Å². The van der Waals surface area contributed by atoms with Gasteiger partial charge in [-0.3, -0.25) is 0 Å². The number of aromatic carboxylic acids is 1. The number of nitrogens with one attached hydrogen (secondary N) is 1. The average molecular weight is 425 g/mol. The summed E-state index contributed by atoms with van der Waals surface area (Å²) in [5.41, 5.74) is 6.30. The van der Waals surface area contributed by atoms with Crippen LogP contribution in [0, 0.1) is 18.8 Å². The molecule has 5 heteroatoms. The summed E-state index contributed by atoms with van der Waals surface area (Å²) in [6.07, 6.45) is -0.0438. The van der Waals surface area contributed by atoms with Crippen molar-refractivity contribution in [3.63, 3.8) is 0 Å². The second-order valence-corrected chi connectivity index (χ2v) is 7.64. The first-order valence-corrected chi connectivity index (χ1v) is 10.5. The molecule has 2 N–H and O–H groups in total. The Bertz CT molecular complexity index is 1190. The zero-order valence-corrected chi connectivity index (χ0v) is 17.7. The van der Waals surface area contributed by atoms with E-state index in [4.69, 9.17) is 4.74 Å². The molecule has 0 radical (unpaired) electrons. The molecule has 160 valence electrons. The van der Waals surface area contributed by atoms with Gasteiger partial charge in [-0.2, -0.15) is 0 Å². The number of carboxylic acids is 1. The van der Waals surface area contributed by atoms with E-state index in [1.165, 1.54) is 22.3 Å². The Morgan fingerprint density at radius 3 is 2.31 bits per heavy atom. The molecule has 1 aliphatic carbocycles. The molecule has 1 amide bonds. The molecule has 0 saturated heterocycles. The summed E-state index contributed by atoms with van der Waals surface area (Å²) in [6, 6.07) is 21.5. The van der Waals surface area contributed by atoms with Crippen LogP contribution in [0.3, 0.4) is 0 Å². The number of fused-ring (bicyclic) bond motifs is 3. The van der Waals surface area contributed by atoms with Crippen molar-refractivity contribution in [2.24, 2.45) is 0 Å². The van der Waals surface area contributed by atoms with Crippen LogP contribution in [0.15, 0.2) is 66.7 Å². The minimum Gasteiger partial charge on any atom is -0.478 e. The molecule has 0 atom stereocenters. The summed E-state index contributed by atoms with van der Waals surface area (Å²) in [5.74, 6) is 4.94. The third-order valence-corrected chi connectivity index (χ3v) is 5.56. The van der Waals surface area contributed by atoms with Crippen molar-refractivity contribution >= 4 is 12.1 Å². The highest BCUT2D eigenvalue weighted by molar-refractivity contribution is 5.89. The first-order chi connectivity index (χ1) is 15.5. The lowest BCUT2D eigenvalue weighted by Crippen LogP contribution is -2.26. The van der Waals surface area contributed by atoms with Gasteiger partial charge in [-0.1, -0.05) is 66.4 Å². The van der Waals surface area contributed by atoms with E-state index in [1.807, 2.05) is 24.3 Å². The van der Waals surface area contributed by atoms with Crippen LogP contribution in [0.25, 0.3) is 11.1 Å². The van der Waals surface area contributed by atoms with Crippen LogP contribution < -0.4 is 5.32 Å². The summed E-state index contributed by atoms with van der Waals surface area (Å²) in [4.78, 5) is 23.4. The number of hydrogen-bond donors (Lipinski definition) is 2. The standard InChI is InChI=1S/C27H23NO4/c1-18-13-14-19(16-24(18)26(29)30)8-6-7-15-28-27(31)32-17-25-22-11-4-2-9-20(22)21-10-3-5-12-23(21)25/h2-5,9-14,16,25H,7,15,17H2,1H3,(H,28,31)(H,29,30). The summed E-state index contributed by atoms with van der Waals surface area (Å²) in [5, 5.41) is 11.9. The van der Waals surface area contributed by atoms with Crippen LogP contribution in [0.5, 0.6) is 0 Å². The first-order valence-electron chi connectivity index (χ1n) is 10.5. The van der Waals surface area contributed by atoms with Crippen LogP contribution in [0.4, 0.5) is 4.79 Å². The molecule has 0 heterocycles. The summed E-state index contributed by atoms with van der Waals surface area (Å²) in [6.45, 7) is 2.37. The molecule has 3 aromatic carbocycles. The van der Waals surface area contributed by atoms with E-state index in [0.717, 1.165) is 0 Å². The molecule has 5 nitrogen and oxygen atoms in total. The Kier molecular flexibility index (Phi) is 6.23. The van der Waals surface area contributed by atoms with Gasteiger partial charge < -0.3 is 15.2 Å². The fraction of sp³-hybridized carbons (Fsp3) is 0.185. The van der Waals surface area contributed by atoms with Gasteiger partial charge in [0.1, 0.15) is 6.61 Å². The lowest BCUT2D eigenvalue weighted by atomic mass is 9.98. The SMILES string of the molecule is Cc1ccc(C#CCCNC(=O)OCC2c3ccccc3-c3ccccc32)cc1C(=O)O. The van der Waals surface area contributed by atoms with Crippen LogP contribution in [0.1, 0.15) is 45.0 Å². The van der Waals surface area contributed by atoms with Gasteiger partial charge in [0.15, 0.2) is 0 Å². The predicted molar refractivity (Wildman–Crippen MR) is 123 cm³/mol. The summed E-state index contributed by atoms with van der Waals surface area (Å²) in [7, 11) is 0. The molecule has 0 unspecified atom stereocenters. The van der Waals surface area contributed by atoms with Crippen molar-refractivity contribution in [2.75, 3.05) is 13.2 Å². The second kappa shape index (κ2) is 9.40. The molecule has 0 bridgehead atoms. The molecule has 4 rings (SSSR count). The molecule has 0 saturated carbocycles. The molecule has 0 aromatic heterocycles. The van der Waals surface area contributed by atoms with E-state index in [2.05, 4.69) is 41.4 Å². The quantitative estimate of drug-likeness (QED) is 0.447. The number of ether oxygens (including phenoxy) is 1. The third kappa shape index (κ3) is 4.50. The number of benzene rings is 3. The topological polar surface area (TPSA) is 75.6 Å². The van der Waals surface area contributed by atoms with E-state index in [-0.39, 0.29) is 18.1 Å². The normalized spacial score (nSPS) is 11.7. The molecule has 3 aromatic rings. The monoisotopic (exact) mass is 425 g/mol. The van der Waals surface area contributed by atoms with Gasteiger partial charge in [0, 0.05) is 24.4 Å². The van der Waals surface area contributed by atoms with Gasteiger partial charge in [-0.25, -0.2) is 9.59 Å². The van der Waals surface area contributed by atoms with Gasteiger partial charge in [0.2, 0.25) is 0 Å². The molecule has 0 spiro atoms.